The summed E-state index contributed by atoms with van der Waals surface area (Å²) in [5.74, 6) is -0.439. The Bertz CT molecular complexity index is 1300. The zero-order valence-electron chi connectivity index (χ0n) is 16.7. The van der Waals surface area contributed by atoms with Crippen LogP contribution in [0.4, 0.5) is 5.69 Å². The SMILES string of the molecule is O=C(N/N=C/c1ccc(Cl)c([N+](=O)[O-])c1)c1[nH]c(-c2ccccc2)cc1-c1ccccc1. The van der Waals surface area contributed by atoms with Gasteiger partial charge in [0.25, 0.3) is 11.6 Å². The molecule has 4 aromatic rings. The van der Waals surface area contributed by atoms with Crippen molar-refractivity contribution in [2.24, 2.45) is 5.10 Å². The number of aromatic nitrogens is 1. The fourth-order valence-electron chi connectivity index (χ4n) is 3.22. The van der Waals surface area contributed by atoms with E-state index in [1.807, 2.05) is 66.7 Å². The number of H-pyrrole nitrogens is 1. The van der Waals surface area contributed by atoms with E-state index in [1.165, 1.54) is 18.3 Å². The second kappa shape index (κ2) is 9.28. The summed E-state index contributed by atoms with van der Waals surface area (Å²) in [5.41, 5.74) is 6.40. The van der Waals surface area contributed by atoms with Crippen molar-refractivity contribution in [1.29, 1.82) is 0 Å². The molecule has 3 aromatic carbocycles. The lowest BCUT2D eigenvalue weighted by molar-refractivity contribution is -0.384. The lowest BCUT2D eigenvalue weighted by Gasteiger charge is -2.03. The number of hydrogen-bond acceptors (Lipinski definition) is 4. The molecule has 1 heterocycles. The van der Waals surface area contributed by atoms with Gasteiger partial charge in [0.2, 0.25) is 0 Å². The average Bonchev–Trinajstić information content (AvgIpc) is 3.27. The number of carbonyl (C=O) groups excluding carboxylic acids is 1. The van der Waals surface area contributed by atoms with Gasteiger partial charge in [0, 0.05) is 22.9 Å². The van der Waals surface area contributed by atoms with E-state index in [2.05, 4.69) is 15.5 Å². The average molecular weight is 445 g/mol. The third-order valence-corrected chi connectivity index (χ3v) is 5.08. The summed E-state index contributed by atoms with van der Waals surface area (Å²) in [6.45, 7) is 0. The van der Waals surface area contributed by atoms with Gasteiger partial charge < -0.3 is 4.98 Å². The molecule has 0 saturated heterocycles. The minimum absolute atomic E-state index is 0.0310. The Morgan fingerprint density at radius 3 is 2.28 bits per heavy atom. The van der Waals surface area contributed by atoms with E-state index < -0.39 is 10.8 Å². The van der Waals surface area contributed by atoms with Crippen LogP contribution in [-0.2, 0) is 0 Å². The molecule has 2 N–H and O–H groups in total. The summed E-state index contributed by atoms with van der Waals surface area (Å²) in [4.78, 5) is 26.6. The van der Waals surface area contributed by atoms with Gasteiger partial charge in [-0.05, 0) is 23.3 Å². The van der Waals surface area contributed by atoms with Crippen LogP contribution in [0.1, 0.15) is 16.1 Å². The van der Waals surface area contributed by atoms with Crippen LogP contribution in [0.5, 0.6) is 0 Å². The Hall–Kier alpha value is -4.23. The fraction of sp³-hybridized carbons (Fsp3) is 0. The Balaban J connectivity index is 1.62. The fourth-order valence-corrected chi connectivity index (χ4v) is 3.41. The highest BCUT2D eigenvalue weighted by Crippen LogP contribution is 2.30. The maximum absolute atomic E-state index is 12.9. The number of hydrogen-bond donors (Lipinski definition) is 2. The molecule has 0 spiro atoms. The van der Waals surface area contributed by atoms with Crippen LogP contribution in [0, 0.1) is 10.1 Å². The normalized spacial score (nSPS) is 10.9. The van der Waals surface area contributed by atoms with E-state index in [4.69, 9.17) is 11.6 Å². The molecule has 0 atom stereocenters. The molecule has 0 aliphatic carbocycles. The van der Waals surface area contributed by atoms with Gasteiger partial charge >= 0.3 is 0 Å². The Labute approximate surface area is 188 Å². The van der Waals surface area contributed by atoms with Crippen molar-refractivity contribution < 1.29 is 9.72 Å². The van der Waals surface area contributed by atoms with Gasteiger partial charge in [-0.1, -0.05) is 78.3 Å². The van der Waals surface area contributed by atoms with Crippen LogP contribution in [-0.4, -0.2) is 22.0 Å². The maximum Gasteiger partial charge on any atom is 0.288 e. The van der Waals surface area contributed by atoms with Crippen LogP contribution in [0.3, 0.4) is 0 Å². The third kappa shape index (κ3) is 4.58. The van der Waals surface area contributed by atoms with E-state index in [1.54, 1.807) is 6.07 Å². The van der Waals surface area contributed by atoms with Crippen molar-refractivity contribution >= 4 is 29.4 Å². The van der Waals surface area contributed by atoms with Gasteiger partial charge in [-0.2, -0.15) is 5.10 Å². The lowest BCUT2D eigenvalue weighted by Crippen LogP contribution is -2.19. The Morgan fingerprint density at radius 1 is 0.969 bits per heavy atom. The van der Waals surface area contributed by atoms with Crippen molar-refractivity contribution in [3.05, 3.63) is 111 Å². The first-order valence-corrected chi connectivity index (χ1v) is 10.0. The van der Waals surface area contributed by atoms with Crippen molar-refractivity contribution in [2.45, 2.75) is 0 Å². The number of amides is 1. The second-order valence-corrected chi connectivity index (χ2v) is 7.28. The standard InChI is InChI=1S/C24H17ClN4O3/c25-20-12-11-16(13-22(20)29(31)32)15-26-28-24(30)23-19(17-7-3-1-4-8-17)14-21(27-23)18-9-5-2-6-10-18/h1-15,27H,(H,28,30)/b26-15+. The molecule has 4 rings (SSSR count). The predicted octanol–water partition coefficient (Wildman–Crippen LogP) is 5.67. The number of halogens is 1. The minimum Gasteiger partial charge on any atom is -0.350 e. The lowest BCUT2D eigenvalue weighted by atomic mass is 10.0. The minimum atomic E-state index is -0.575. The highest BCUT2D eigenvalue weighted by molar-refractivity contribution is 6.32. The van der Waals surface area contributed by atoms with Crippen LogP contribution < -0.4 is 5.43 Å². The number of aromatic amines is 1. The highest BCUT2D eigenvalue weighted by atomic mass is 35.5. The largest absolute Gasteiger partial charge is 0.350 e. The highest BCUT2D eigenvalue weighted by Gasteiger charge is 2.17. The molecule has 32 heavy (non-hydrogen) atoms. The maximum atomic E-state index is 12.9. The first-order valence-electron chi connectivity index (χ1n) is 9.64. The van der Waals surface area contributed by atoms with Gasteiger partial charge in [-0.3, -0.25) is 14.9 Å². The van der Waals surface area contributed by atoms with E-state index in [0.717, 1.165) is 22.4 Å². The molecule has 0 fully saturated rings. The molecular weight excluding hydrogens is 428 g/mol. The Morgan fingerprint density at radius 2 is 1.62 bits per heavy atom. The monoisotopic (exact) mass is 444 g/mol. The van der Waals surface area contributed by atoms with E-state index in [-0.39, 0.29) is 10.7 Å². The molecule has 0 bridgehead atoms. The zero-order chi connectivity index (χ0) is 22.5. The first-order chi connectivity index (χ1) is 15.5. The van der Waals surface area contributed by atoms with Gasteiger partial charge in [0.15, 0.2) is 0 Å². The van der Waals surface area contributed by atoms with Crippen molar-refractivity contribution in [1.82, 2.24) is 10.4 Å². The van der Waals surface area contributed by atoms with Gasteiger partial charge in [-0.15, -0.1) is 0 Å². The summed E-state index contributed by atoms with van der Waals surface area (Å²) < 4.78 is 0. The molecule has 0 unspecified atom stereocenters. The molecule has 7 nitrogen and oxygen atoms in total. The van der Waals surface area contributed by atoms with Crippen LogP contribution in [0.2, 0.25) is 5.02 Å². The second-order valence-electron chi connectivity index (χ2n) is 6.87. The van der Waals surface area contributed by atoms with Crippen molar-refractivity contribution in [3.8, 4) is 22.4 Å². The van der Waals surface area contributed by atoms with Gasteiger partial charge in [0.05, 0.1) is 11.1 Å². The smallest absolute Gasteiger partial charge is 0.288 e. The van der Waals surface area contributed by atoms with Gasteiger partial charge in [0.1, 0.15) is 10.7 Å². The zero-order valence-corrected chi connectivity index (χ0v) is 17.4. The van der Waals surface area contributed by atoms with Crippen LogP contribution in [0.15, 0.2) is 90.0 Å². The van der Waals surface area contributed by atoms with Crippen molar-refractivity contribution in [3.63, 3.8) is 0 Å². The molecule has 0 aliphatic rings. The number of nitrogens with one attached hydrogen (secondary N) is 2. The van der Waals surface area contributed by atoms with Crippen LogP contribution >= 0.6 is 11.6 Å². The summed E-state index contributed by atoms with van der Waals surface area (Å²) in [6, 6.07) is 25.4. The Kier molecular flexibility index (Phi) is 6.10. The number of nitro groups is 1. The predicted molar refractivity (Wildman–Crippen MR) is 125 cm³/mol. The van der Waals surface area contributed by atoms with E-state index in [0.29, 0.717) is 11.3 Å². The molecule has 158 valence electrons. The van der Waals surface area contributed by atoms with E-state index >= 15 is 0 Å². The molecule has 1 aromatic heterocycles. The topological polar surface area (TPSA) is 100 Å². The number of carbonyl (C=O) groups is 1. The molecule has 0 aliphatic heterocycles. The number of benzene rings is 3. The van der Waals surface area contributed by atoms with Gasteiger partial charge in [-0.25, -0.2) is 5.43 Å². The first kappa shape index (κ1) is 21.0. The van der Waals surface area contributed by atoms with Crippen molar-refractivity contribution in [2.75, 3.05) is 0 Å². The summed E-state index contributed by atoms with van der Waals surface area (Å²) in [5, 5.41) is 15.0. The number of hydrazone groups is 1. The third-order valence-electron chi connectivity index (χ3n) is 4.76. The summed E-state index contributed by atoms with van der Waals surface area (Å²) in [7, 11) is 0. The molecule has 8 heteroatoms. The number of rotatable bonds is 6. The molecule has 0 saturated carbocycles. The number of nitrogens with zero attached hydrogens (tertiary/aromatic N) is 2. The molecule has 0 radical (unpaired) electrons. The summed E-state index contributed by atoms with van der Waals surface area (Å²) >= 11 is 5.82. The summed E-state index contributed by atoms with van der Waals surface area (Å²) in [6.07, 6.45) is 1.32. The van der Waals surface area contributed by atoms with E-state index in [9.17, 15) is 14.9 Å². The quantitative estimate of drug-likeness (QED) is 0.227. The van der Waals surface area contributed by atoms with Crippen LogP contribution in [0.25, 0.3) is 22.4 Å². The molecular formula is C24H17ClN4O3. The number of nitro benzene ring substituents is 1. The molecule has 1 amide bonds.